The van der Waals surface area contributed by atoms with Crippen molar-refractivity contribution in [2.45, 2.75) is 31.3 Å². The van der Waals surface area contributed by atoms with Crippen LogP contribution in [-0.4, -0.2) is 29.1 Å². The normalized spacial score (nSPS) is 13.6. The van der Waals surface area contributed by atoms with Crippen LogP contribution >= 0.6 is 11.6 Å². The number of hydrogen-bond donors (Lipinski definition) is 4. The summed E-state index contributed by atoms with van der Waals surface area (Å²) >= 11 is 6.02. The molecule has 0 fully saturated rings. The van der Waals surface area contributed by atoms with Crippen molar-refractivity contribution in [3.05, 3.63) is 34.9 Å². The van der Waals surface area contributed by atoms with Gasteiger partial charge in [0.1, 0.15) is 0 Å². The Morgan fingerprint density at radius 1 is 1.29 bits per heavy atom. The van der Waals surface area contributed by atoms with E-state index in [1.807, 2.05) is 0 Å². The number of nitrogens with one attached hydrogen (secondary N) is 1. The Kier molecular flexibility index (Phi) is 6.61. The predicted octanol–water partition coefficient (Wildman–Crippen LogP) is 0.867. The average Bonchev–Trinajstić information content (AvgIpc) is 2.43. The second kappa shape index (κ2) is 7.97. The quantitative estimate of drug-likeness (QED) is 0.398. The topological polar surface area (TPSA) is 118 Å². The van der Waals surface area contributed by atoms with E-state index in [0.717, 1.165) is 0 Å². The Morgan fingerprint density at radius 3 is 2.48 bits per heavy atom. The highest BCUT2D eigenvalue weighted by Gasteiger charge is 2.43. The number of hydrogen-bond acceptors (Lipinski definition) is 4. The first-order valence-corrected chi connectivity index (χ1v) is 7.03. The van der Waals surface area contributed by atoms with Gasteiger partial charge in [-0.1, -0.05) is 29.8 Å². The molecule has 0 aromatic heterocycles. The highest BCUT2D eigenvalue weighted by Crippen LogP contribution is 2.19. The highest BCUT2D eigenvalue weighted by atomic mass is 35.5. The minimum atomic E-state index is -1.81. The van der Waals surface area contributed by atoms with Gasteiger partial charge in [0.2, 0.25) is 5.91 Å². The van der Waals surface area contributed by atoms with Crippen molar-refractivity contribution in [3.63, 3.8) is 0 Å². The summed E-state index contributed by atoms with van der Waals surface area (Å²) in [5, 5.41) is 12.7. The molecule has 6 nitrogen and oxygen atoms in total. The zero-order valence-electron chi connectivity index (χ0n) is 11.6. The van der Waals surface area contributed by atoms with Crippen LogP contribution in [0.1, 0.15) is 24.8 Å². The zero-order valence-corrected chi connectivity index (χ0v) is 12.4. The largest absolute Gasteiger partial charge is 0.479 e. The van der Waals surface area contributed by atoms with Gasteiger partial charge in [-0.2, -0.15) is 0 Å². The molecular weight excluding hydrogens is 294 g/mol. The number of carbonyl (C=O) groups excluding carboxylic acids is 1. The Labute approximate surface area is 128 Å². The molecule has 116 valence electrons. The smallest absolute Gasteiger partial charge is 0.333 e. The Bertz CT molecular complexity index is 494. The third-order valence-corrected chi connectivity index (χ3v) is 3.70. The summed E-state index contributed by atoms with van der Waals surface area (Å²) in [4.78, 5) is 23.2. The second-order valence-corrected chi connectivity index (χ2v) is 5.17. The lowest BCUT2D eigenvalue weighted by Crippen LogP contribution is -2.60. The first kappa shape index (κ1) is 17.4. The summed E-state index contributed by atoms with van der Waals surface area (Å²) < 4.78 is 0. The van der Waals surface area contributed by atoms with E-state index in [1.165, 1.54) is 0 Å². The summed E-state index contributed by atoms with van der Waals surface area (Å²) in [6.45, 7) is 0.566. The molecule has 0 saturated carbocycles. The average molecular weight is 314 g/mol. The lowest BCUT2D eigenvalue weighted by molar-refractivity contribution is -0.150. The van der Waals surface area contributed by atoms with Crippen LogP contribution in [0.15, 0.2) is 24.3 Å². The molecule has 0 spiro atoms. The number of unbranched alkanes of at least 4 members (excludes halogenated alkanes) is 1. The molecule has 1 aromatic rings. The molecule has 6 N–H and O–H groups in total. The van der Waals surface area contributed by atoms with Crippen LogP contribution in [0.3, 0.4) is 0 Å². The number of nitrogens with two attached hydrogens (primary N) is 2. The number of carboxylic acid groups (broad SMARTS) is 1. The van der Waals surface area contributed by atoms with Gasteiger partial charge < -0.3 is 16.6 Å². The molecule has 0 aliphatic rings. The van der Waals surface area contributed by atoms with Crippen molar-refractivity contribution in [1.29, 1.82) is 0 Å². The van der Waals surface area contributed by atoms with E-state index >= 15 is 0 Å². The van der Waals surface area contributed by atoms with Gasteiger partial charge in [0, 0.05) is 11.6 Å². The molecule has 1 atom stereocenters. The third kappa shape index (κ3) is 4.42. The summed E-state index contributed by atoms with van der Waals surface area (Å²) in [7, 11) is 0. The molecule has 0 aliphatic carbocycles. The maximum absolute atomic E-state index is 11.7. The van der Waals surface area contributed by atoms with Crippen molar-refractivity contribution in [2.24, 2.45) is 11.5 Å². The fraction of sp³-hybridized carbons (Fsp3) is 0.429. The van der Waals surface area contributed by atoms with Gasteiger partial charge in [0.15, 0.2) is 5.54 Å². The van der Waals surface area contributed by atoms with Crippen molar-refractivity contribution in [2.75, 3.05) is 6.54 Å². The number of benzene rings is 1. The molecule has 0 heterocycles. The van der Waals surface area contributed by atoms with Crippen LogP contribution in [0, 0.1) is 0 Å². The Morgan fingerprint density at radius 2 is 1.95 bits per heavy atom. The molecule has 0 radical (unpaired) electrons. The van der Waals surface area contributed by atoms with Crippen LogP contribution in [0.25, 0.3) is 0 Å². The van der Waals surface area contributed by atoms with Gasteiger partial charge in [-0.3, -0.25) is 10.1 Å². The molecule has 7 heteroatoms. The van der Waals surface area contributed by atoms with E-state index in [9.17, 15) is 14.7 Å². The van der Waals surface area contributed by atoms with Gasteiger partial charge in [0.25, 0.3) is 0 Å². The van der Waals surface area contributed by atoms with Crippen LogP contribution in [0.4, 0.5) is 0 Å². The van der Waals surface area contributed by atoms with Gasteiger partial charge in [-0.25, -0.2) is 4.79 Å². The van der Waals surface area contributed by atoms with E-state index in [1.54, 1.807) is 24.3 Å². The van der Waals surface area contributed by atoms with Crippen molar-refractivity contribution in [1.82, 2.24) is 5.32 Å². The van der Waals surface area contributed by atoms with Crippen molar-refractivity contribution >= 4 is 23.5 Å². The number of rotatable bonds is 9. The van der Waals surface area contributed by atoms with E-state index < -0.39 is 17.4 Å². The number of amides is 1. The van der Waals surface area contributed by atoms with Crippen LogP contribution < -0.4 is 16.8 Å². The van der Waals surface area contributed by atoms with E-state index in [0.29, 0.717) is 30.0 Å². The van der Waals surface area contributed by atoms with Crippen LogP contribution in [0.2, 0.25) is 5.02 Å². The SMILES string of the molecule is NCCCCC(NCc1ccccc1Cl)(C(N)=O)C(=O)O. The third-order valence-electron chi connectivity index (χ3n) is 3.33. The molecule has 1 aromatic carbocycles. The number of carboxylic acids is 1. The van der Waals surface area contributed by atoms with E-state index in [-0.39, 0.29) is 13.0 Å². The van der Waals surface area contributed by atoms with Gasteiger partial charge >= 0.3 is 5.97 Å². The minimum absolute atomic E-state index is 0.0827. The zero-order chi connectivity index (χ0) is 15.9. The number of halogens is 1. The molecule has 1 rings (SSSR count). The Hall–Kier alpha value is -1.63. The standard InChI is InChI=1S/C14H20ClN3O3/c15-11-6-2-1-5-10(11)9-18-14(12(17)19,13(20)21)7-3-4-8-16/h1-2,5-6,18H,3-4,7-9,16H2,(H2,17,19)(H,20,21). The van der Waals surface area contributed by atoms with Gasteiger partial charge in [-0.05, 0) is 37.4 Å². The molecule has 0 saturated heterocycles. The molecule has 0 aliphatic heterocycles. The fourth-order valence-electron chi connectivity index (χ4n) is 2.01. The summed E-state index contributed by atoms with van der Waals surface area (Å²) in [6.07, 6.45) is 1.19. The first-order valence-electron chi connectivity index (χ1n) is 6.66. The lowest BCUT2D eigenvalue weighted by Gasteiger charge is -2.27. The summed E-state index contributed by atoms with van der Waals surface area (Å²) in [5.74, 6) is -2.21. The minimum Gasteiger partial charge on any atom is -0.479 e. The van der Waals surface area contributed by atoms with Gasteiger partial charge in [0.05, 0.1) is 0 Å². The van der Waals surface area contributed by atoms with Crippen molar-refractivity contribution in [3.8, 4) is 0 Å². The van der Waals surface area contributed by atoms with Crippen LogP contribution in [-0.2, 0) is 16.1 Å². The summed E-state index contributed by atoms with van der Waals surface area (Å²) in [6, 6.07) is 7.00. The van der Waals surface area contributed by atoms with E-state index in [2.05, 4.69) is 5.32 Å². The summed E-state index contributed by atoms with van der Waals surface area (Å²) in [5.41, 5.74) is 9.59. The number of primary amides is 1. The molecule has 1 unspecified atom stereocenters. The second-order valence-electron chi connectivity index (χ2n) is 4.77. The highest BCUT2D eigenvalue weighted by molar-refractivity contribution is 6.31. The molecule has 21 heavy (non-hydrogen) atoms. The maximum Gasteiger partial charge on any atom is 0.333 e. The molecular formula is C14H20ClN3O3. The lowest BCUT2D eigenvalue weighted by atomic mass is 9.91. The van der Waals surface area contributed by atoms with Gasteiger partial charge in [-0.15, -0.1) is 0 Å². The monoisotopic (exact) mass is 313 g/mol. The van der Waals surface area contributed by atoms with E-state index in [4.69, 9.17) is 23.1 Å². The Balaban J connectivity index is 2.88. The number of carbonyl (C=O) groups is 2. The first-order chi connectivity index (χ1) is 9.94. The number of aliphatic carboxylic acids is 1. The maximum atomic E-state index is 11.7. The van der Waals surface area contributed by atoms with Crippen LogP contribution in [0.5, 0.6) is 0 Å². The molecule has 1 amide bonds. The fourth-order valence-corrected chi connectivity index (χ4v) is 2.21. The predicted molar refractivity (Wildman–Crippen MR) is 80.8 cm³/mol. The molecule has 0 bridgehead atoms. The van der Waals surface area contributed by atoms with Crippen molar-refractivity contribution < 1.29 is 14.7 Å².